The number of aryl methyl sites for hydroxylation is 1. The molecule has 1 aliphatic heterocycles. The summed E-state index contributed by atoms with van der Waals surface area (Å²) >= 11 is 1.83. The van der Waals surface area contributed by atoms with Crippen molar-refractivity contribution in [2.24, 2.45) is 5.41 Å². The molecule has 1 saturated heterocycles. The van der Waals surface area contributed by atoms with Gasteiger partial charge >= 0.3 is 0 Å². The summed E-state index contributed by atoms with van der Waals surface area (Å²) in [7, 11) is 0. The van der Waals surface area contributed by atoms with Gasteiger partial charge < -0.3 is 14.6 Å². The molecule has 21 heavy (non-hydrogen) atoms. The highest BCUT2D eigenvalue weighted by Gasteiger charge is 2.37. The number of aliphatic hydroxyl groups is 1. The topological polar surface area (TPSA) is 38.7 Å². The molecular weight excluding hydrogens is 284 g/mol. The zero-order valence-corrected chi connectivity index (χ0v) is 14.0. The van der Waals surface area contributed by atoms with E-state index in [0.717, 1.165) is 17.3 Å². The van der Waals surface area contributed by atoms with Gasteiger partial charge in [-0.3, -0.25) is 0 Å². The molecule has 0 bridgehead atoms. The molecule has 4 heteroatoms. The average molecular weight is 310 g/mol. The fourth-order valence-electron chi connectivity index (χ4n) is 2.50. The monoisotopic (exact) mass is 310 g/mol. The van der Waals surface area contributed by atoms with Crippen LogP contribution in [0.25, 0.3) is 0 Å². The van der Waals surface area contributed by atoms with Gasteiger partial charge in [0.1, 0.15) is 5.75 Å². The Labute approximate surface area is 132 Å². The number of hydrogen-bond acceptors (Lipinski definition) is 4. The van der Waals surface area contributed by atoms with Crippen molar-refractivity contribution in [2.45, 2.75) is 26.7 Å². The molecule has 1 aliphatic rings. The van der Waals surface area contributed by atoms with Crippen LogP contribution in [-0.4, -0.2) is 43.0 Å². The van der Waals surface area contributed by atoms with Gasteiger partial charge in [-0.15, -0.1) is 0 Å². The lowest BCUT2D eigenvalue weighted by Crippen LogP contribution is -2.47. The van der Waals surface area contributed by atoms with Crippen LogP contribution in [0.3, 0.4) is 0 Å². The molecule has 0 amide bonds. The molecule has 2 rings (SSSR count). The van der Waals surface area contributed by atoms with Gasteiger partial charge in [-0.1, -0.05) is 19.9 Å². The molecule has 0 spiro atoms. The van der Waals surface area contributed by atoms with Crippen molar-refractivity contribution < 1.29 is 14.6 Å². The number of hydrogen-bond donors (Lipinski definition) is 1. The normalized spacial score (nSPS) is 16.8. The molecule has 0 aromatic heterocycles. The highest BCUT2D eigenvalue weighted by Crippen LogP contribution is 2.31. The third kappa shape index (κ3) is 4.38. The van der Waals surface area contributed by atoms with Crippen LogP contribution in [0.5, 0.6) is 5.75 Å². The van der Waals surface area contributed by atoms with Crippen molar-refractivity contribution in [2.75, 3.05) is 37.9 Å². The van der Waals surface area contributed by atoms with Crippen LogP contribution in [0.4, 0.5) is 0 Å². The zero-order valence-electron chi connectivity index (χ0n) is 13.2. The lowest BCUT2D eigenvalue weighted by molar-refractivity contribution is -0.121. The summed E-state index contributed by atoms with van der Waals surface area (Å²) < 4.78 is 11.0. The third-order valence-electron chi connectivity index (χ3n) is 3.92. The summed E-state index contributed by atoms with van der Waals surface area (Å²) in [6, 6.07) is 6.34. The minimum absolute atomic E-state index is 0.000166. The van der Waals surface area contributed by atoms with E-state index in [-0.39, 0.29) is 12.0 Å². The molecule has 0 aliphatic carbocycles. The minimum Gasteiger partial charge on any atom is -0.493 e. The van der Waals surface area contributed by atoms with Crippen molar-refractivity contribution >= 4 is 11.8 Å². The minimum atomic E-state index is 0.000166. The summed E-state index contributed by atoms with van der Waals surface area (Å²) in [5, 5.41) is 9.35. The molecule has 1 N–H and O–H groups in total. The molecule has 0 unspecified atom stereocenters. The van der Waals surface area contributed by atoms with Crippen molar-refractivity contribution in [3.05, 3.63) is 29.3 Å². The second-order valence-electron chi connectivity index (χ2n) is 6.23. The first kappa shape index (κ1) is 16.7. The van der Waals surface area contributed by atoms with Gasteiger partial charge in [-0.25, -0.2) is 0 Å². The number of thioether (sulfide) groups is 1. The summed E-state index contributed by atoms with van der Waals surface area (Å²) in [6.45, 7) is 8.85. The summed E-state index contributed by atoms with van der Waals surface area (Å²) in [6.07, 6.45) is 0. The van der Waals surface area contributed by atoms with E-state index in [4.69, 9.17) is 9.47 Å². The maximum atomic E-state index is 9.35. The van der Waals surface area contributed by atoms with E-state index in [1.54, 1.807) is 0 Å². The van der Waals surface area contributed by atoms with Gasteiger partial charge in [0.05, 0.1) is 26.4 Å². The van der Waals surface area contributed by atoms with E-state index in [0.29, 0.717) is 25.7 Å². The van der Waals surface area contributed by atoms with E-state index in [1.807, 2.05) is 11.8 Å². The molecule has 118 valence electrons. The quantitative estimate of drug-likeness (QED) is 0.748. The fraction of sp³-hybridized carbons (Fsp3) is 0.647. The molecule has 0 radical (unpaired) electrons. The van der Waals surface area contributed by atoms with Crippen molar-refractivity contribution in [3.8, 4) is 5.75 Å². The molecular formula is C17H26O3S. The number of rotatable bonds is 8. The predicted molar refractivity (Wildman–Crippen MR) is 88.4 cm³/mol. The maximum absolute atomic E-state index is 9.35. The lowest BCUT2D eigenvalue weighted by atomic mass is 9.90. The smallest absolute Gasteiger partial charge is 0.119 e. The Morgan fingerprint density at radius 1 is 1.38 bits per heavy atom. The third-order valence-corrected chi connectivity index (χ3v) is 5.19. The average Bonchev–Trinajstić information content (AvgIpc) is 2.40. The van der Waals surface area contributed by atoms with Crippen molar-refractivity contribution in [3.63, 3.8) is 0 Å². The first-order chi connectivity index (χ1) is 10.1. The Bertz CT molecular complexity index is 450. The van der Waals surface area contributed by atoms with Gasteiger partial charge in [-0.05, 0) is 36.1 Å². The first-order valence-electron chi connectivity index (χ1n) is 7.56. The molecule has 1 aromatic rings. The molecule has 0 saturated carbocycles. The van der Waals surface area contributed by atoms with Gasteiger partial charge in [0.2, 0.25) is 0 Å². The van der Waals surface area contributed by atoms with E-state index in [2.05, 4.69) is 39.0 Å². The zero-order chi connectivity index (χ0) is 15.3. The van der Waals surface area contributed by atoms with Crippen LogP contribution in [0.1, 0.15) is 30.9 Å². The standard InChI is InChI=1S/C17H26O3S/c1-13(2)16-5-4-15(8-14(16)3)20-6-7-21-12-17(9-18)10-19-11-17/h4-5,8,13,18H,6-7,9-12H2,1-3H3. The molecule has 1 heterocycles. The predicted octanol–water partition coefficient (Wildman–Crippen LogP) is 3.24. The highest BCUT2D eigenvalue weighted by atomic mass is 32.2. The van der Waals surface area contributed by atoms with Crippen molar-refractivity contribution in [1.29, 1.82) is 0 Å². The van der Waals surface area contributed by atoms with Crippen LogP contribution < -0.4 is 4.74 Å². The molecule has 3 nitrogen and oxygen atoms in total. The van der Waals surface area contributed by atoms with Crippen LogP contribution >= 0.6 is 11.8 Å². The molecule has 1 fully saturated rings. The van der Waals surface area contributed by atoms with E-state index >= 15 is 0 Å². The largest absolute Gasteiger partial charge is 0.493 e. The van der Waals surface area contributed by atoms with Gasteiger partial charge in [0.25, 0.3) is 0 Å². The van der Waals surface area contributed by atoms with Crippen molar-refractivity contribution in [1.82, 2.24) is 0 Å². The molecule has 1 aromatic carbocycles. The lowest BCUT2D eigenvalue weighted by Gasteiger charge is -2.39. The SMILES string of the molecule is Cc1cc(OCCSCC2(CO)COC2)ccc1C(C)C. The molecule has 0 atom stereocenters. The number of benzene rings is 1. The van der Waals surface area contributed by atoms with Crippen LogP contribution in [0, 0.1) is 12.3 Å². The maximum Gasteiger partial charge on any atom is 0.119 e. The van der Waals surface area contributed by atoms with Crippen LogP contribution in [0.15, 0.2) is 18.2 Å². The Morgan fingerprint density at radius 2 is 2.14 bits per heavy atom. The van der Waals surface area contributed by atoms with Crippen LogP contribution in [-0.2, 0) is 4.74 Å². The van der Waals surface area contributed by atoms with Gasteiger partial charge in [0, 0.05) is 16.9 Å². The van der Waals surface area contributed by atoms with Gasteiger partial charge in [0.15, 0.2) is 0 Å². The second-order valence-corrected chi connectivity index (χ2v) is 7.33. The number of ether oxygens (including phenoxy) is 2. The van der Waals surface area contributed by atoms with Crippen LogP contribution in [0.2, 0.25) is 0 Å². The van der Waals surface area contributed by atoms with Gasteiger partial charge in [-0.2, -0.15) is 11.8 Å². The van der Waals surface area contributed by atoms with E-state index < -0.39 is 0 Å². The second kappa shape index (κ2) is 7.52. The highest BCUT2D eigenvalue weighted by molar-refractivity contribution is 7.99. The van der Waals surface area contributed by atoms with E-state index in [9.17, 15) is 5.11 Å². The summed E-state index contributed by atoms with van der Waals surface area (Å²) in [4.78, 5) is 0. The summed E-state index contributed by atoms with van der Waals surface area (Å²) in [5.41, 5.74) is 2.67. The Balaban J connectivity index is 1.70. The fourth-order valence-corrected chi connectivity index (χ4v) is 3.54. The van der Waals surface area contributed by atoms with E-state index in [1.165, 1.54) is 11.1 Å². The Hall–Kier alpha value is -0.710. The summed E-state index contributed by atoms with van der Waals surface area (Å²) in [5.74, 6) is 3.38. The first-order valence-corrected chi connectivity index (χ1v) is 8.71. The Morgan fingerprint density at radius 3 is 2.67 bits per heavy atom. The number of aliphatic hydroxyl groups excluding tert-OH is 1. The Kier molecular flexibility index (Phi) is 5.97.